The van der Waals surface area contributed by atoms with E-state index in [-0.39, 0.29) is 23.0 Å². The fourth-order valence-electron chi connectivity index (χ4n) is 4.01. The average Bonchev–Trinajstić information content (AvgIpc) is 2.95. The smallest absolute Gasteiger partial charge is 0.264 e. The number of amides is 2. The molecule has 1 N–H and O–H groups in total. The van der Waals surface area contributed by atoms with Gasteiger partial charge >= 0.3 is 0 Å². The number of sulfonamides is 1. The maximum Gasteiger partial charge on any atom is 0.264 e. The van der Waals surface area contributed by atoms with E-state index >= 15 is 0 Å². The average molecular weight is 572 g/mol. The number of carbonyl (C=O) groups excluding carboxylic acids is 2. The lowest BCUT2D eigenvalue weighted by Gasteiger charge is -2.32. The summed E-state index contributed by atoms with van der Waals surface area (Å²) in [6, 6.07) is 19.1. The van der Waals surface area contributed by atoms with Crippen molar-refractivity contribution < 1.29 is 22.7 Å². The van der Waals surface area contributed by atoms with Crippen LogP contribution in [0.5, 0.6) is 5.75 Å². The molecule has 0 saturated carbocycles. The number of methoxy groups -OCH3 is 1. The molecule has 0 aliphatic heterocycles. The molecule has 10 heteroatoms. The van der Waals surface area contributed by atoms with Crippen molar-refractivity contribution in [2.75, 3.05) is 24.5 Å². The van der Waals surface area contributed by atoms with Gasteiger partial charge in [-0.15, -0.1) is 0 Å². The van der Waals surface area contributed by atoms with Crippen molar-refractivity contribution in [2.24, 2.45) is 0 Å². The molecule has 0 heterocycles. The van der Waals surface area contributed by atoms with Gasteiger partial charge in [-0.2, -0.15) is 0 Å². The van der Waals surface area contributed by atoms with Crippen LogP contribution in [0.25, 0.3) is 0 Å². The third kappa shape index (κ3) is 7.30. The molecule has 0 aliphatic rings. The number of nitrogens with zero attached hydrogens (tertiary/aromatic N) is 2. The second-order valence-corrected chi connectivity index (χ2v) is 11.3. The molecule has 3 aromatic rings. The normalized spacial score (nSPS) is 11.9. The minimum absolute atomic E-state index is 0.0348. The second kappa shape index (κ2) is 13.5. The van der Waals surface area contributed by atoms with Crippen molar-refractivity contribution in [1.29, 1.82) is 0 Å². The highest BCUT2D eigenvalue weighted by atomic mass is 35.5. The number of hydrogen-bond donors (Lipinski definition) is 1. The fourth-order valence-corrected chi connectivity index (χ4v) is 5.67. The van der Waals surface area contributed by atoms with Gasteiger partial charge in [-0.25, -0.2) is 8.42 Å². The van der Waals surface area contributed by atoms with Gasteiger partial charge < -0.3 is 15.0 Å². The lowest BCUT2D eigenvalue weighted by molar-refractivity contribution is -0.139. The predicted molar refractivity (Wildman–Crippen MR) is 153 cm³/mol. The molecular formula is C29H34ClN3O5S. The van der Waals surface area contributed by atoms with Gasteiger partial charge in [0.15, 0.2) is 0 Å². The van der Waals surface area contributed by atoms with Gasteiger partial charge in [0.05, 0.1) is 17.7 Å². The number of ether oxygens (including phenoxy) is 1. The molecular weight excluding hydrogens is 538 g/mol. The second-order valence-electron chi connectivity index (χ2n) is 9.05. The van der Waals surface area contributed by atoms with E-state index in [1.54, 1.807) is 81.6 Å². The highest BCUT2D eigenvalue weighted by Crippen LogP contribution is 2.31. The van der Waals surface area contributed by atoms with Crippen molar-refractivity contribution in [2.45, 2.75) is 44.7 Å². The van der Waals surface area contributed by atoms with Crippen LogP contribution in [0, 0.1) is 6.92 Å². The molecule has 0 aliphatic carbocycles. The van der Waals surface area contributed by atoms with E-state index in [4.69, 9.17) is 16.3 Å². The van der Waals surface area contributed by atoms with Gasteiger partial charge in [0.1, 0.15) is 18.3 Å². The lowest BCUT2D eigenvalue weighted by Crippen LogP contribution is -2.51. The van der Waals surface area contributed by atoms with Crippen LogP contribution in [0.1, 0.15) is 31.4 Å². The molecule has 0 saturated heterocycles. The summed E-state index contributed by atoms with van der Waals surface area (Å²) in [5.74, 6) is -0.208. The molecule has 3 rings (SSSR count). The van der Waals surface area contributed by atoms with Crippen LogP contribution in [-0.4, -0.2) is 51.4 Å². The van der Waals surface area contributed by atoms with E-state index in [2.05, 4.69) is 5.32 Å². The van der Waals surface area contributed by atoms with Gasteiger partial charge in [0.25, 0.3) is 10.0 Å². The zero-order valence-electron chi connectivity index (χ0n) is 22.6. The Bertz CT molecular complexity index is 1380. The number of halogens is 1. The fraction of sp³-hybridized carbons (Fsp3) is 0.310. The first-order chi connectivity index (χ1) is 18.6. The topological polar surface area (TPSA) is 96.0 Å². The van der Waals surface area contributed by atoms with Crippen LogP contribution in [0.15, 0.2) is 77.7 Å². The summed E-state index contributed by atoms with van der Waals surface area (Å²) >= 11 is 6.35. The number of benzene rings is 3. The summed E-state index contributed by atoms with van der Waals surface area (Å²) < 4.78 is 34.0. The molecule has 0 bridgehead atoms. The van der Waals surface area contributed by atoms with Gasteiger partial charge in [-0.3, -0.25) is 13.9 Å². The zero-order chi connectivity index (χ0) is 28.6. The Morgan fingerprint density at radius 2 is 1.67 bits per heavy atom. The van der Waals surface area contributed by atoms with Gasteiger partial charge in [0.2, 0.25) is 11.8 Å². The van der Waals surface area contributed by atoms with Crippen LogP contribution < -0.4 is 14.4 Å². The molecule has 0 spiro atoms. The quantitative estimate of drug-likeness (QED) is 0.337. The number of carbonyl (C=O) groups is 2. The predicted octanol–water partition coefficient (Wildman–Crippen LogP) is 4.80. The lowest BCUT2D eigenvalue weighted by atomic mass is 10.1. The third-order valence-corrected chi connectivity index (χ3v) is 8.53. The molecule has 0 unspecified atom stereocenters. The third-order valence-electron chi connectivity index (χ3n) is 6.35. The Labute approximate surface area is 235 Å². The van der Waals surface area contributed by atoms with E-state index in [1.807, 2.05) is 6.92 Å². The first-order valence-corrected chi connectivity index (χ1v) is 14.4. The number of nitrogens with one attached hydrogen (secondary N) is 1. The minimum atomic E-state index is -4.15. The van der Waals surface area contributed by atoms with Crippen LogP contribution in [0.3, 0.4) is 0 Å². The van der Waals surface area contributed by atoms with Crippen LogP contribution >= 0.6 is 11.6 Å². The Hall–Kier alpha value is -3.56. The number of hydrogen-bond acceptors (Lipinski definition) is 5. The summed E-state index contributed by atoms with van der Waals surface area (Å²) in [7, 11) is -2.59. The standard InChI is InChI=1S/C29H34ClN3O5S/c1-5-18-31-29(35)22(3)32(19-23-14-16-24(38-4)17-15-23)28(34)20-33(27-13-9-12-26(30)21(27)2)39(36,37)25-10-7-6-8-11-25/h6-17,22H,5,18-20H2,1-4H3,(H,31,35)/t22-/m0/s1. The molecule has 3 aromatic carbocycles. The minimum Gasteiger partial charge on any atom is -0.497 e. The summed E-state index contributed by atoms with van der Waals surface area (Å²) in [5, 5.41) is 3.20. The summed E-state index contributed by atoms with van der Waals surface area (Å²) in [6.07, 6.45) is 0.738. The van der Waals surface area contributed by atoms with Crippen molar-refractivity contribution in [3.8, 4) is 5.75 Å². The Balaban J connectivity index is 2.04. The zero-order valence-corrected chi connectivity index (χ0v) is 24.1. The van der Waals surface area contributed by atoms with E-state index in [1.165, 1.54) is 17.0 Å². The van der Waals surface area contributed by atoms with Crippen LogP contribution in [-0.2, 0) is 26.2 Å². The summed E-state index contributed by atoms with van der Waals surface area (Å²) in [6.45, 7) is 5.30. The molecule has 0 radical (unpaired) electrons. The Morgan fingerprint density at radius 3 is 2.28 bits per heavy atom. The molecule has 8 nitrogen and oxygen atoms in total. The van der Waals surface area contributed by atoms with Crippen LogP contribution in [0.4, 0.5) is 5.69 Å². The maximum absolute atomic E-state index is 13.9. The maximum atomic E-state index is 13.9. The van der Waals surface area contributed by atoms with Crippen molar-refractivity contribution in [1.82, 2.24) is 10.2 Å². The van der Waals surface area contributed by atoms with Crippen molar-refractivity contribution in [3.05, 3.63) is 88.9 Å². The molecule has 208 valence electrons. The van der Waals surface area contributed by atoms with Gasteiger partial charge in [0, 0.05) is 18.1 Å². The Morgan fingerprint density at radius 1 is 1.00 bits per heavy atom. The molecule has 39 heavy (non-hydrogen) atoms. The largest absolute Gasteiger partial charge is 0.497 e. The van der Waals surface area contributed by atoms with E-state index < -0.39 is 28.5 Å². The van der Waals surface area contributed by atoms with Gasteiger partial charge in [-0.1, -0.05) is 54.9 Å². The number of rotatable bonds is 12. The van der Waals surface area contributed by atoms with Gasteiger partial charge in [-0.05, 0) is 67.8 Å². The highest BCUT2D eigenvalue weighted by molar-refractivity contribution is 7.92. The molecule has 1 atom stereocenters. The first-order valence-electron chi connectivity index (χ1n) is 12.6. The first kappa shape index (κ1) is 30.0. The van der Waals surface area contributed by atoms with Crippen LogP contribution in [0.2, 0.25) is 5.02 Å². The van der Waals surface area contributed by atoms with Crippen molar-refractivity contribution in [3.63, 3.8) is 0 Å². The van der Waals surface area contributed by atoms with E-state index in [0.29, 0.717) is 22.9 Å². The summed E-state index contributed by atoms with van der Waals surface area (Å²) in [5.41, 5.74) is 1.56. The highest BCUT2D eigenvalue weighted by Gasteiger charge is 2.33. The van der Waals surface area contributed by atoms with E-state index in [9.17, 15) is 18.0 Å². The molecule has 0 aromatic heterocycles. The number of anilines is 1. The summed E-state index contributed by atoms with van der Waals surface area (Å²) in [4.78, 5) is 28.3. The molecule has 2 amide bonds. The van der Waals surface area contributed by atoms with E-state index in [0.717, 1.165) is 16.3 Å². The van der Waals surface area contributed by atoms with Crippen molar-refractivity contribution >= 4 is 39.1 Å². The molecule has 0 fully saturated rings. The Kier molecular flexibility index (Phi) is 10.4. The monoisotopic (exact) mass is 571 g/mol. The SMILES string of the molecule is CCCNC(=O)[C@H](C)N(Cc1ccc(OC)cc1)C(=O)CN(c1cccc(Cl)c1C)S(=O)(=O)c1ccccc1.